The van der Waals surface area contributed by atoms with Crippen molar-refractivity contribution in [3.05, 3.63) is 28.8 Å². The zero-order valence-corrected chi connectivity index (χ0v) is 12.3. The van der Waals surface area contributed by atoms with Gasteiger partial charge in [0.05, 0.1) is 24.3 Å². The largest absolute Gasteiger partial charge is 0.387 e. The Kier molecular flexibility index (Phi) is 3.85. The molecule has 1 N–H and O–H groups in total. The molecule has 1 saturated carbocycles. The minimum absolute atomic E-state index is 0.0528. The Morgan fingerprint density at radius 1 is 1.45 bits per heavy atom. The van der Waals surface area contributed by atoms with Crippen molar-refractivity contribution in [1.29, 1.82) is 0 Å². The van der Waals surface area contributed by atoms with Crippen LogP contribution in [-0.4, -0.2) is 43.2 Å². The lowest BCUT2D eigenvalue weighted by Gasteiger charge is -2.38. The summed E-state index contributed by atoms with van der Waals surface area (Å²) in [7, 11) is 1.82. The Labute approximate surface area is 124 Å². The molecule has 108 valence electrons. The maximum Gasteiger partial charge on any atom is 0.256 e. The number of ether oxygens (including phenoxy) is 1. The van der Waals surface area contributed by atoms with Gasteiger partial charge in [0.2, 0.25) is 0 Å². The highest BCUT2D eigenvalue weighted by molar-refractivity contribution is 6.31. The summed E-state index contributed by atoms with van der Waals surface area (Å²) >= 11 is 6.04. The van der Waals surface area contributed by atoms with Crippen LogP contribution in [0.2, 0.25) is 5.02 Å². The SMILES string of the molecule is CNc1ccc(Cl)cc1C(=O)N1CCOC2CCCC21. The highest BCUT2D eigenvalue weighted by atomic mass is 35.5. The Hall–Kier alpha value is -1.26. The third kappa shape index (κ3) is 2.38. The second-order valence-corrected chi connectivity index (χ2v) is 5.78. The van der Waals surface area contributed by atoms with Gasteiger partial charge in [-0.2, -0.15) is 0 Å². The van der Waals surface area contributed by atoms with Gasteiger partial charge in [-0.15, -0.1) is 0 Å². The Bertz CT molecular complexity index is 521. The van der Waals surface area contributed by atoms with E-state index < -0.39 is 0 Å². The molecule has 5 heteroatoms. The Morgan fingerprint density at radius 3 is 3.10 bits per heavy atom. The molecule has 2 unspecified atom stereocenters. The van der Waals surface area contributed by atoms with Crippen LogP contribution in [0.5, 0.6) is 0 Å². The van der Waals surface area contributed by atoms with Crippen LogP contribution in [0.3, 0.4) is 0 Å². The van der Waals surface area contributed by atoms with Crippen molar-refractivity contribution in [1.82, 2.24) is 4.90 Å². The molecule has 4 nitrogen and oxygen atoms in total. The lowest BCUT2D eigenvalue weighted by Crippen LogP contribution is -2.51. The highest BCUT2D eigenvalue weighted by Crippen LogP contribution is 2.32. The summed E-state index contributed by atoms with van der Waals surface area (Å²) in [4.78, 5) is 14.8. The first-order valence-electron chi connectivity index (χ1n) is 7.10. The number of anilines is 1. The van der Waals surface area contributed by atoms with Crippen LogP contribution in [0.15, 0.2) is 18.2 Å². The van der Waals surface area contributed by atoms with E-state index >= 15 is 0 Å². The van der Waals surface area contributed by atoms with Gasteiger partial charge in [0.25, 0.3) is 5.91 Å². The molecule has 20 heavy (non-hydrogen) atoms. The molecule has 1 aromatic rings. The molecule has 0 spiro atoms. The Morgan fingerprint density at radius 2 is 2.30 bits per heavy atom. The third-order valence-corrected chi connectivity index (χ3v) is 4.46. The lowest BCUT2D eigenvalue weighted by molar-refractivity contribution is -0.0445. The predicted octanol–water partition coefficient (Wildman–Crippen LogP) is 2.78. The van der Waals surface area contributed by atoms with Crippen LogP contribution in [0.4, 0.5) is 5.69 Å². The van der Waals surface area contributed by atoms with E-state index in [0.29, 0.717) is 23.7 Å². The molecule has 1 heterocycles. The number of hydrogen-bond donors (Lipinski definition) is 1. The van der Waals surface area contributed by atoms with Crippen molar-refractivity contribution >= 4 is 23.2 Å². The number of halogens is 1. The average molecular weight is 295 g/mol. The molecule has 0 radical (unpaired) electrons. The maximum atomic E-state index is 12.8. The van der Waals surface area contributed by atoms with E-state index in [9.17, 15) is 4.79 Å². The van der Waals surface area contributed by atoms with Crippen molar-refractivity contribution in [2.45, 2.75) is 31.4 Å². The van der Waals surface area contributed by atoms with Gasteiger partial charge < -0.3 is 15.0 Å². The fourth-order valence-electron chi connectivity index (χ4n) is 3.24. The van der Waals surface area contributed by atoms with Crippen LogP contribution < -0.4 is 5.32 Å². The molecule has 1 aromatic carbocycles. The summed E-state index contributed by atoms with van der Waals surface area (Å²) in [5.41, 5.74) is 1.47. The third-order valence-electron chi connectivity index (χ3n) is 4.22. The summed E-state index contributed by atoms with van der Waals surface area (Å²) < 4.78 is 5.76. The highest BCUT2D eigenvalue weighted by Gasteiger charge is 2.39. The van der Waals surface area contributed by atoms with Crippen molar-refractivity contribution in [2.24, 2.45) is 0 Å². The standard InChI is InChI=1S/C15H19ClN2O2/c1-17-12-6-5-10(16)9-11(12)15(19)18-7-8-20-14-4-2-3-13(14)18/h5-6,9,13-14,17H,2-4,7-8H2,1H3. The molecule has 1 aliphatic carbocycles. The van der Waals surface area contributed by atoms with Crippen LogP contribution in [0.25, 0.3) is 0 Å². The first-order chi connectivity index (χ1) is 9.70. The average Bonchev–Trinajstić information content (AvgIpc) is 2.94. The van der Waals surface area contributed by atoms with Gasteiger partial charge in [-0.1, -0.05) is 11.6 Å². The van der Waals surface area contributed by atoms with E-state index in [1.165, 1.54) is 0 Å². The first-order valence-corrected chi connectivity index (χ1v) is 7.48. The summed E-state index contributed by atoms with van der Waals surface area (Å²) in [6.07, 6.45) is 3.44. The predicted molar refractivity (Wildman–Crippen MR) is 79.4 cm³/mol. The number of nitrogens with one attached hydrogen (secondary N) is 1. The van der Waals surface area contributed by atoms with E-state index in [2.05, 4.69) is 5.32 Å². The van der Waals surface area contributed by atoms with Gasteiger partial charge in [0.1, 0.15) is 0 Å². The Balaban J connectivity index is 1.90. The normalized spacial score (nSPS) is 25.4. The van der Waals surface area contributed by atoms with Crippen LogP contribution in [0, 0.1) is 0 Å². The van der Waals surface area contributed by atoms with E-state index in [-0.39, 0.29) is 18.1 Å². The van der Waals surface area contributed by atoms with Gasteiger partial charge in [-0.05, 0) is 37.5 Å². The number of carbonyl (C=O) groups is 1. The summed E-state index contributed by atoms with van der Waals surface area (Å²) in [6, 6.07) is 5.61. The fourth-order valence-corrected chi connectivity index (χ4v) is 3.42. The van der Waals surface area contributed by atoms with E-state index in [1.807, 2.05) is 18.0 Å². The molecule has 1 amide bonds. The second kappa shape index (κ2) is 5.62. The number of rotatable bonds is 2. The number of hydrogen-bond acceptors (Lipinski definition) is 3. The maximum absolute atomic E-state index is 12.8. The molecular formula is C15H19ClN2O2. The van der Waals surface area contributed by atoms with E-state index in [4.69, 9.17) is 16.3 Å². The molecule has 1 saturated heterocycles. The van der Waals surface area contributed by atoms with Gasteiger partial charge >= 0.3 is 0 Å². The molecule has 3 rings (SSSR count). The van der Waals surface area contributed by atoms with Gasteiger partial charge in [0.15, 0.2) is 0 Å². The summed E-state index contributed by atoms with van der Waals surface area (Å²) in [5.74, 6) is 0.0528. The minimum Gasteiger partial charge on any atom is -0.387 e. The molecular weight excluding hydrogens is 276 g/mol. The number of amides is 1. The molecule has 0 bridgehead atoms. The molecule has 0 aromatic heterocycles. The summed E-state index contributed by atoms with van der Waals surface area (Å²) in [5, 5.41) is 3.65. The number of carbonyl (C=O) groups excluding carboxylic acids is 1. The molecule has 2 atom stereocenters. The van der Waals surface area contributed by atoms with Crippen LogP contribution in [0.1, 0.15) is 29.6 Å². The molecule has 2 fully saturated rings. The van der Waals surface area contributed by atoms with Crippen molar-refractivity contribution < 1.29 is 9.53 Å². The quantitative estimate of drug-likeness (QED) is 0.912. The minimum atomic E-state index is 0.0528. The van der Waals surface area contributed by atoms with Gasteiger partial charge in [0, 0.05) is 24.3 Å². The number of morpholine rings is 1. The number of benzene rings is 1. The van der Waals surface area contributed by atoms with Gasteiger partial charge in [-0.25, -0.2) is 0 Å². The smallest absolute Gasteiger partial charge is 0.256 e. The summed E-state index contributed by atoms with van der Waals surface area (Å²) in [6.45, 7) is 1.29. The molecule has 1 aliphatic heterocycles. The van der Waals surface area contributed by atoms with Crippen molar-refractivity contribution in [3.8, 4) is 0 Å². The second-order valence-electron chi connectivity index (χ2n) is 5.35. The zero-order valence-electron chi connectivity index (χ0n) is 11.6. The topological polar surface area (TPSA) is 41.6 Å². The number of nitrogens with zero attached hydrogens (tertiary/aromatic N) is 1. The lowest BCUT2D eigenvalue weighted by atomic mass is 10.1. The monoisotopic (exact) mass is 294 g/mol. The van der Waals surface area contributed by atoms with Crippen molar-refractivity contribution in [2.75, 3.05) is 25.5 Å². The number of fused-ring (bicyclic) bond motifs is 1. The van der Waals surface area contributed by atoms with E-state index in [0.717, 1.165) is 24.9 Å². The van der Waals surface area contributed by atoms with Gasteiger partial charge in [-0.3, -0.25) is 4.79 Å². The molecule has 2 aliphatic rings. The zero-order chi connectivity index (χ0) is 14.1. The fraction of sp³-hybridized carbons (Fsp3) is 0.533. The van der Waals surface area contributed by atoms with Crippen molar-refractivity contribution in [3.63, 3.8) is 0 Å². The van der Waals surface area contributed by atoms with Crippen LogP contribution in [-0.2, 0) is 4.74 Å². The van der Waals surface area contributed by atoms with Crippen LogP contribution >= 0.6 is 11.6 Å². The van der Waals surface area contributed by atoms with E-state index in [1.54, 1.807) is 12.1 Å². The first kappa shape index (κ1) is 13.7.